The van der Waals surface area contributed by atoms with Crippen LogP contribution in [0.4, 0.5) is 5.69 Å². The van der Waals surface area contributed by atoms with Gasteiger partial charge in [-0.25, -0.2) is 8.42 Å². The summed E-state index contributed by atoms with van der Waals surface area (Å²) in [7, 11) is -3.21. The number of likely N-dealkylation sites (N-methyl/N-ethyl adjacent to an activating group) is 1. The van der Waals surface area contributed by atoms with Gasteiger partial charge in [-0.2, -0.15) is 11.3 Å². The zero-order valence-electron chi connectivity index (χ0n) is 15.9. The van der Waals surface area contributed by atoms with Crippen LogP contribution in [0.2, 0.25) is 0 Å². The lowest BCUT2D eigenvalue weighted by Gasteiger charge is -2.27. The van der Waals surface area contributed by atoms with Gasteiger partial charge in [-0.05, 0) is 85.8 Å². The Morgan fingerprint density at radius 2 is 1.85 bits per heavy atom. The minimum absolute atomic E-state index is 0.566. The van der Waals surface area contributed by atoms with Gasteiger partial charge in [-0.3, -0.25) is 4.72 Å². The Hall–Kier alpha value is -1.37. The molecule has 0 aliphatic rings. The number of anilines is 1. The van der Waals surface area contributed by atoms with E-state index in [1.165, 1.54) is 23.8 Å². The highest BCUT2D eigenvalue weighted by molar-refractivity contribution is 7.92. The second-order valence-electron chi connectivity index (χ2n) is 6.84. The molecular weight excluding hydrogens is 364 g/mol. The molecule has 6 heteroatoms. The molecule has 2 rings (SSSR count). The number of unbranched alkanes of at least 4 members (excludes halogenated alkanes) is 1. The van der Waals surface area contributed by atoms with Crippen LogP contribution < -0.4 is 4.72 Å². The van der Waals surface area contributed by atoms with Gasteiger partial charge in [0.25, 0.3) is 0 Å². The summed E-state index contributed by atoms with van der Waals surface area (Å²) in [5, 5.41) is 4.39. The summed E-state index contributed by atoms with van der Waals surface area (Å²) in [6, 6.07) is 10.5. The molecule has 144 valence electrons. The van der Waals surface area contributed by atoms with Crippen molar-refractivity contribution in [1.29, 1.82) is 0 Å². The molecule has 0 amide bonds. The van der Waals surface area contributed by atoms with Crippen LogP contribution in [-0.2, 0) is 22.9 Å². The molecule has 0 saturated heterocycles. The van der Waals surface area contributed by atoms with E-state index in [1.54, 1.807) is 11.3 Å². The first-order valence-electron chi connectivity index (χ1n) is 9.19. The topological polar surface area (TPSA) is 49.4 Å². The molecule has 0 aliphatic carbocycles. The lowest BCUT2D eigenvalue weighted by atomic mass is 10.1. The van der Waals surface area contributed by atoms with Crippen molar-refractivity contribution in [2.24, 2.45) is 0 Å². The lowest BCUT2D eigenvalue weighted by Crippen LogP contribution is -2.35. The first-order chi connectivity index (χ1) is 12.4. The van der Waals surface area contributed by atoms with E-state index in [2.05, 4.69) is 40.3 Å². The number of aryl methyl sites for hydroxylation is 1. The zero-order valence-corrected chi connectivity index (χ0v) is 17.6. The van der Waals surface area contributed by atoms with Crippen molar-refractivity contribution in [3.05, 3.63) is 52.2 Å². The normalized spacial score (nSPS) is 13.1. The van der Waals surface area contributed by atoms with Gasteiger partial charge >= 0.3 is 0 Å². The third kappa shape index (κ3) is 7.48. The van der Waals surface area contributed by atoms with E-state index in [9.17, 15) is 8.42 Å². The number of thiophene rings is 1. The molecule has 1 heterocycles. The summed E-state index contributed by atoms with van der Waals surface area (Å²) in [5.74, 6) is 0. The number of nitrogens with zero attached hydrogens (tertiary/aromatic N) is 1. The van der Waals surface area contributed by atoms with E-state index in [0.29, 0.717) is 11.7 Å². The van der Waals surface area contributed by atoms with Gasteiger partial charge in [0.05, 0.1) is 6.26 Å². The van der Waals surface area contributed by atoms with Gasteiger partial charge in [0, 0.05) is 11.7 Å². The highest BCUT2D eigenvalue weighted by Crippen LogP contribution is 2.15. The molecule has 26 heavy (non-hydrogen) atoms. The second-order valence-corrected chi connectivity index (χ2v) is 9.37. The third-order valence-corrected chi connectivity index (χ3v) is 5.90. The number of nitrogens with one attached hydrogen (secondary N) is 1. The van der Waals surface area contributed by atoms with Gasteiger partial charge < -0.3 is 4.90 Å². The predicted octanol–water partition coefficient (Wildman–Crippen LogP) is 4.40. The summed E-state index contributed by atoms with van der Waals surface area (Å²) in [4.78, 5) is 2.55. The number of hydrogen-bond acceptors (Lipinski definition) is 4. The fraction of sp³-hybridized carbons (Fsp3) is 0.500. The summed E-state index contributed by atoms with van der Waals surface area (Å²) in [6.07, 6.45) is 5.62. The fourth-order valence-corrected chi connectivity index (χ4v) is 4.41. The second kappa shape index (κ2) is 10.1. The van der Waals surface area contributed by atoms with Crippen molar-refractivity contribution in [2.75, 3.05) is 24.1 Å². The standard InChI is InChI=1S/C20H30N2O2S2/c1-4-22(17(2)15-19-12-14-25-16-19)13-6-5-7-18-8-10-20(11-9-18)21-26(3,23)24/h8-12,14,16-17,21H,4-7,13,15H2,1-3H3. The smallest absolute Gasteiger partial charge is 0.229 e. The molecule has 0 aliphatic heterocycles. The van der Waals surface area contributed by atoms with Crippen molar-refractivity contribution < 1.29 is 8.42 Å². The third-order valence-electron chi connectivity index (χ3n) is 4.56. The van der Waals surface area contributed by atoms with Crippen molar-refractivity contribution >= 4 is 27.0 Å². The quantitative estimate of drug-likeness (QED) is 0.575. The average molecular weight is 395 g/mol. The minimum Gasteiger partial charge on any atom is -0.301 e. The largest absolute Gasteiger partial charge is 0.301 e. The van der Waals surface area contributed by atoms with E-state index in [-0.39, 0.29) is 0 Å². The molecule has 1 aromatic carbocycles. The van der Waals surface area contributed by atoms with Crippen LogP contribution >= 0.6 is 11.3 Å². The molecule has 1 N–H and O–H groups in total. The maximum Gasteiger partial charge on any atom is 0.229 e. The number of hydrogen-bond donors (Lipinski definition) is 1. The molecule has 2 aromatic rings. The van der Waals surface area contributed by atoms with Gasteiger partial charge in [0.1, 0.15) is 0 Å². The van der Waals surface area contributed by atoms with Gasteiger partial charge in [0.15, 0.2) is 0 Å². The summed E-state index contributed by atoms with van der Waals surface area (Å²) in [5.41, 5.74) is 3.30. The summed E-state index contributed by atoms with van der Waals surface area (Å²) >= 11 is 1.77. The average Bonchev–Trinajstić information content (AvgIpc) is 3.08. The first-order valence-corrected chi connectivity index (χ1v) is 12.0. The Labute approximate surface area is 162 Å². The number of sulfonamides is 1. The Bertz CT molecular complexity index is 741. The van der Waals surface area contributed by atoms with E-state index in [4.69, 9.17) is 0 Å². The Morgan fingerprint density at radius 3 is 2.42 bits per heavy atom. The van der Waals surface area contributed by atoms with Gasteiger partial charge in [-0.1, -0.05) is 19.1 Å². The van der Waals surface area contributed by atoms with Crippen LogP contribution in [0.25, 0.3) is 0 Å². The van der Waals surface area contributed by atoms with Crippen molar-refractivity contribution in [3.63, 3.8) is 0 Å². The molecule has 0 bridgehead atoms. The lowest BCUT2D eigenvalue weighted by molar-refractivity contribution is 0.214. The maximum atomic E-state index is 11.2. The van der Waals surface area contributed by atoms with Crippen LogP contribution in [0, 0.1) is 0 Å². The Balaban J connectivity index is 1.72. The highest BCUT2D eigenvalue weighted by atomic mass is 32.2. The number of rotatable bonds is 11. The van der Waals surface area contributed by atoms with E-state index in [1.807, 2.05) is 24.3 Å². The van der Waals surface area contributed by atoms with Gasteiger partial charge in [-0.15, -0.1) is 0 Å². The van der Waals surface area contributed by atoms with Gasteiger partial charge in [0.2, 0.25) is 10.0 Å². The Kier molecular flexibility index (Phi) is 8.13. The molecule has 1 aromatic heterocycles. The van der Waals surface area contributed by atoms with Crippen LogP contribution in [0.3, 0.4) is 0 Å². The van der Waals surface area contributed by atoms with Crippen LogP contribution in [0.1, 0.15) is 37.8 Å². The molecule has 1 atom stereocenters. The minimum atomic E-state index is -3.21. The molecular formula is C20H30N2O2S2. The monoisotopic (exact) mass is 394 g/mol. The molecule has 4 nitrogen and oxygen atoms in total. The molecule has 0 spiro atoms. The summed E-state index contributed by atoms with van der Waals surface area (Å²) in [6.45, 7) is 6.75. The number of benzene rings is 1. The van der Waals surface area contributed by atoms with E-state index >= 15 is 0 Å². The fourth-order valence-electron chi connectivity index (χ4n) is 3.17. The van der Waals surface area contributed by atoms with Crippen molar-refractivity contribution in [1.82, 2.24) is 4.90 Å². The van der Waals surface area contributed by atoms with Crippen LogP contribution in [0.5, 0.6) is 0 Å². The van der Waals surface area contributed by atoms with E-state index < -0.39 is 10.0 Å². The Morgan fingerprint density at radius 1 is 1.12 bits per heavy atom. The van der Waals surface area contributed by atoms with Crippen LogP contribution in [-0.4, -0.2) is 38.7 Å². The highest BCUT2D eigenvalue weighted by Gasteiger charge is 2.12. The molecule has 0 saturated carbocycles. The maximum absolute atomic E-state index is 11.2. The predicted molar refractivity (Wildman–Crippen MR) is 113 cm³/mol. The van der Waals surface area contributed by atoms with Crippen LogP contribution in [0.15, 0.2) is 41.1 Å². The van der Waals surface area contributed by atoms with Crippen molar-refractivity contribution in [3.8, 4) is 0 Å². The van der Waals surface area contributed by atoms with Crippen molar-refractivity contribution in [2.45, 2.75) is 45.6 Å². The molecule has 1 unspecified atom stereocenters. The SMILES string of the molecule is CCN(CCCCc1ccc(NS(C)(=O)=O)cc1)C(C)Cc1ccsc1. The molecule has 0 fully saturated rings. The molecule has 0 radical (unpaired) electrons. The zero-order chi connectivity index (χ0) is 19.0. The summed E-state index contributed by atoms with van der Waals surface area (Å²) < 4.78 is 25.0. The first kappa shape index (κ1) is 20.9. The van der Waals surface area contributed by atoms with E-state index in [0.717, 1.165) is 32.4 Å².